The lowest BCUT2D eigenvalue weighted by Gasteiger charge is -2.04. The van der Waals surface area contributed by atoms with Gasteiger partial charge >= 0.3 is 0 Å². The summed E-state index contributed by atoms with van der Waals surface area (Å²) in [6, 6.07) is 14.9. The Morgan fingerprint density at radius 3 is 2.56 bits per heavy atom. The van der Waals surface area contributed by atoms with Crippen LogP contribution < -0.4 is 14.8 Å². The molecule has 0 saturated carbocycles. The number of hydrogen-bond donors (Lipinski definition) is 0. The molecule has 0 aliphatic rings. The van der Waals surface area contributed by atoms with Gasteiger partial charge in [0.2, 0.25) is 4.96 Å². The van der Waals surface area contributed by atoms with E-state index >= 15 is 0 Å². The molecule has 2 aromatic heterocycles. The van der Waals surface area contributed by atoms with E-state index in [1.807, 2.05) is 42.5 Å². The second-order valence-corrected chi connectivity index (χ2v) is 7.42. The molecule has 0 saturated heterocycles. The van der Waals surface area contributed by atoms with Gasteiger partial charge in [-0.25, -0.2) is 0 Å². The van der Waals surface area contributed by atoms with Gasteiger partial charge in [-0.1, -0.05) is 42.0 Å². The minimum Gasteiger partial charge on any atom is -0.494 e. The summed E-state index contributed by atoms with van der Waals surface area (Å²) < 4.78 is 7.52. The van der Waals surface area contributed by atoms with Crippen LogP contribution >= 0.6 is 22.9 Å². The Hall–Kier alpha value is -2.70. The Morgan fingerprint density at radius 1 is 1.15 bits per heavy atom. The fourth-order valence-corrected chi connectivity index (χ4v) is 3.62. The maximum absolute atomic E-state index is 12.6. The zero-order valence-corrected chi connectivity index (χ0v) is 16.1. The molecule has 0 radical (unpaired) electrons. The fourth-order valence-electron chi connectivity index (χ4n) is 2.59. The van der Waals surface area contributed by atoms with Crippen molar-refractivity contribution >= 4 is 34.0 Å². The van der Waals surface area contributed by atoms with Crippen molar-refractivity contribution in [3.63, 3.8) is 0 Å². The highest BCUT2D eigenvalue weighted by Gasteiger charge is 2.12. The third-order valence-electron chi connectivity index (χ3n) is 3.93. The molecule has 0 bridgehead atoms. The summed E-state index contributed by atoms with van der Waals surface area (Å²) in [7, 11) is 0. The summed E-state index contributed by atoms with van der Waals surface area (Å²) in [5, 5.41) is 5.03. The second kappa shape index (κ2) is 7.50. The van der Waals surface area contributed by atoms with E-state index in [1.54, 1.807) is 12.1 Å². The molecule has 27 heavy (non-hydrogen) atoms. The molecule has 0 N–H and O–H groups in total. The highest BCUT2D eigenvalue weighted by Crippen LogP contribution is 2.20. The Morgan fingerprint density at radius 2 is 1.89 bits per heavy atom. The van der Waals surface area contributed by atoms with Crippen LogP contribution in [0.25, 0.3) is 22.4 Å². The average Bonchev–Trinajstić information content (AvgIpc) is 3.22. The summed E-state index contributed by atoms with van der Waals surface area (Å²) in [5.41, 5.74) is 1.58. The molecule has 4 rings (SSSR count). The van der Waals surface area contributed by atoms with E-state index in [0.717, 1.165) is 23.3 Å². The van der Waals surface area contributed by atoms with Crippen LogP contribution in [-0.4, -0.2) is 21.2 Å². The van der Waals surface area contributed by atoms with Crippen molar-refractivity contribution in [3.05, 3.63) is 74.0 Å². The number of thiazole rings is 1. The van der Waals surface area contributed by atoms with Crippen LogP contribution in [0, 0.1) is 0 Å². The highest BCUT2D eigenvalue weighted by atomic mass is 35.5. The number of hydrogen-bond acceptors (Lipinski definition) is 5. The van der Waals surface area contributed by atoms with Crippen LogP contribution in [-0.2, 0) is 0 Å². The monoisotopic (exact) mass is 397 g/mol. The van der Waals surface area contributed by atoms with Gasteiger partial charge in [0, 0.05) is 10.6 Å². The summed E-state index contributed by atoms with van der Waals surface area (Å²) in [6.07, 6.45) is 2.78. The van der Waals surface area contributed by atoms with Gasteiger partial charge in [0.05, 0.1) is 11.1 Å². The molecule has 7 heteroatoms. The Labute approximate surface area is 164 Å². The van der Waals surface area contributed by atoms with Crippen molar-refractivity contribution in [1.29, 1.82) is 0 Å². The van der Waals surface area contributed by atoms with Crippen LogP contribution in [0.5, 0.6) is 5.75 Å². The normalized spacial score (nSPS) is 12.0. The predicted molar refractivity (Wildman–Crippen MR) is 109 cm³/mol. The standard InChI is InChI=1S/C20H16ClN3O2S/c1-2-11-26-16-9-5-14(6-10-16)18-22-20-24(23-18)19(25)17(27-20)12-13-3-7-15(21)8-4-13/h3-10,12H,2,11H2,1H3/b17-12+. The second-order valence-electron chi connectivity index (χ2n) is 5.97. The summed E-state index contributed by atoms with van der Waals surface area (Å²) in [5.74, 6) is 1.34. The van der Waals surface area contributed by atoms with Gasteiger partial charge in [0.15, 0.2) is 5.82 Å². The lowest BCUT2D eigenvalue weighted by molar-refractivity contribution is 0.317. The average molecular weight is 398 g/mol. The van der Waals surface area contributed by atoms with Crippen molar-refractivity contribution in [3.8, 4) is 17.1 Å². The summed E-state index contributed by atoms with van der Waals surface area (Å²) in [6.45, 7) is 2.75. The van der Waals surface area contributed by atoms with Gasteiger partial charge in [-0.05, 0) is 54.5 Å². The van der Waals surface area contributed by atoms with Gasteiger partial charge in [0.1, 0.15) is 5.75 Å². The van der Waals surface area contributed by atoms with Crippen molar-refractivity contribution in [2.45, 2.75) is 13.3 Å². The molecule has 5 nitrogen and oxygen atoms in total. The molecule has 0 atom stereocenters. The smallest absolute Gasteiger partial charge is 0.291 e. The third kappa shape index (κ3) is 3.72. The molecule has 0 unspecified atom stereocenters. The van der Waals surface area contributed by atoms with Crippen molar-refractivity contribution in [2.75, 3.05) is 6.61 Å². The minimum atomic E-state index is -0.174. The van der Waals surface area contributed by atoms with E-state index in [1.165, 1.54) is 15.9 Å². The summed E-state index contributed by atoms with van der Waals surface area (Å²) in [4.78, 5) is 17.7. The van der Waals surface area contributed by atoms with Crippen LogP contribution in [0.15, 0.2) is 53.3 Å². The van der Waals surface area contributed by atoms with Crippen molar-refractivity contribution < 1.29 is 4.74 Å². The molecule has 0 fully saturated rings. The third-order valence-corrected chi connectivity index (χ3v) is 5.15. The lowest BCUT2D eigenvalue weighted by Crippen LogP contribution is -2.23. The molecule has 136 valence electrons. The minimum absolute atomic E-state index is 0.174. The highest BCUT2D eigenvalue weighted by molar-refractivity contribution is 7.15. The largest absolute Gasteiger partial charge is 0.494 e. The molecule has 0 amide bonds. The molecular weight excluding hydrogens is 382 g/mol. The molecular formula is C20H16ClN3O2S. The number of aromatic nitrogens is 3. The SMILES string of the molecule is CCCOc1ccc(-c2nc3s/c(=C/c4ccc(Cl)cc4)c(=O)n3n2)cc1. The first-order chi connectivity index (χ1) is 13.1. The van der Waals surface area contributed by atoms with Gasteiger partial charge in [-0.2, -0.15) is 9.50 Å². The van der Waals surface area contributed by atoms with Crippen LogP contribution in [0.4, 0.5) is 0 Å². The molecule has 0 aliphatic carbocycles. The van der Waals surface area contributed by atoms with Gasteiger partial charge in [-0.3, -0.25) is 4.79 Å². The van der Waals surface area contributed by atoms with Gasteiger partial charge in [0.25, 0.3) is 5.56 Å². The Kier molecular flexibility index (Phi) is 4.92. The first-order valence-corrected chi connectivity index (χ1v) is 9.73. The molecule has 0 aliphatic heterocycles. The van der Waals surface area contributed by atoms with E-state index in [2.05, 4.69) is 17.0 Å². The molecule has 0 spiro atoms. The predicted octanol–water partition coefficient (Wildman–Crippen LogP) is 3.81. The first kappa shape index (κ1) is 17.7. The van der Waals surface area contributed by atoms with Crippen LogP contribution in [0.1, 0.15) is 18.9 Å². The topological polar surface area (TPSA) is 56.5 Å². The lowest BCUT2D eigenvalue weighted by atomic mass is 10.2. The number of nitrogens with zero attached hydrogens (tertiary/aromatic N) is 3. The van der Waals surface area contributed by atoms with Crippen molar-refractivity contribution in [1.82, 2.24) is 14.6 Å². The first-order valence-electron chi connectivity index (χ1n) is 8.54. The zero-order chi connectivity index (χ0) is 18.8. The van der Waals surface area contributed by atoms with Crippen LogP contribution in [0.3, 0.4) is 0 Å². The Bertz CT molecular complexity index is 1180. The van der Waals surface area contributed by atoms with E-state index in [0.29, 0.717) is 26.9 Å². The Balaban J connectivity index is 1.66. The zero-order valence-electron chi connectivity index (χ0n) is 14.6. The van der Waals surface area contributed by atoms with E-state index in [9.17, 15) is 4.79 Å². The van der Waals surface area contributed by atoms with Gasteiger partial charge < -0.3 is 4.74 Å². The number of rotatable bonds is 5. The molecule has 2 aromatic carbocycles. The number of benzene rings is 2. The fraction of sp³-hybridized carbons (Fsp3) is 0.150. The maximum Gasteiger partial charge on any atom is 0.291 e. The van der Waals surface area contributed by atoms with E-state index in [-0.39, 0.29) is 5.56 Å². The number of ether oxygens (including phenoxy) is 1. The summed E-state index contributed by atoms with van der Waals surface area (Å²) >= 11 is 7.21. The van der Waals surface area contributed by atoms with Crippen LogP contribution in [0.2, 0.25) is 5.02 Å². The molecule has 2 heterocycles. The van der Waals surface area contributed by atoms with Gasteiger partial charge in [-0.15, -0.1) is 5.10 Å². The quantitative estimate of drug-likeness (QED) is 0.514. The van der Waals surface area contributed by atoms with Crippen molar-refractivity contribution in [2.24, 2.45) is 0 Å². The maximum atomic E-state index is 12.6. The van der Waals surface area contributed by atoms with E-state index in [4.69, 9.17) is 16.3 Å². The van der Waals surface area contributed by atoms with E-state index < -0.39 is 0 Å². The number of halogens is 1. The number of fused-ring (bicyclic) bond motifs is 1. The molecule has 4 aromatic rings.